The molecule has 1 heterocycles. The summed E-state index contributed by atoms with van der Waals surface area (Å²) in [4.78, 5) is 28.8. The first-order valence-electron chi connectivity index (χ1n) is 8.74. The van der Waals surface area contributed by atoms with Crippen LogP contribution in [0.1, 0.15) is 28.4 Å². The smallest absolute Gasteiger partial charge is 0.269 e. The van der Waals surface area contributed by atoms with Gasteiger partial charge in [0.05, 0.1) is 11.3 Å². The Morgan fingerprint density at radius 2 is 1.81 bits per heavy atom. The van der Waals surface area contributed by atoms with Gasteiger partial charge in [0.2, 0.25) is 5.91 Å². The lowest BCUT2D eigenvalue weighted by Crippen LogP contribution is -2.42. The highest BCUT2D eigenvalue weighted by atomic mass is 32.2. The summed E-state index contributed by atoms with van der Waals surface area (Å²) in [5.41, 5.74) is 8.55. The van der Waals surface area contributed by atoms with Gasteiger partial charge < -0.3 is 0 Å². The maximum absolute atomic E-state index is 12.1. The van der Waals surface area contributed by atoms with Crippen molar-refractivity contribution in [3.05, 3.63) is 71.3 Å². The van der Waals surface area contributed by atoms with Crippen LogP contribution < -0.4 is 10.9 Å². The second kappa shape index (κ2) is 8.68. The number of aryl methyl sites for hydroxylation is 2. The first-order chi connectivity index (χ1) is 13.1. The molecule has 3 rings (SSSR count). The molecule has 2 N–H and O–H groups in total. The van der Waals surface area contributed by atoms with Crippen LogP contribution in [0.4, 0.5) is 0 Å². The van der Waals surface area contributed by atoms with Crippen LogP contribution in [-0.2, 0) is 11.2 Å². The molecular formula is C21H21N3O2S. The number of thioether (sulfide) groups is 1. The fourth-order valence-corrected chi connectivity index (χ4v) is 3.53. The zero-order chi connectivity index (χ0) is 19.2. The second-order valence-corrected chi connectivity index (χ2v) is 7.12. The van der Waals surface area contributed by atoms with Gasteiger partial charge >= 0.3 is 0 Å². The van der Waals surface area contributed by atoms with Crippen molar-refractivity contribution in [2.75, 3.05) is 5.75 Å². The minimum Gasteiger partial charge on any atom is -0.272 e. The molecule has 2 amide bonds. The minimum atomic E-state index is -0.345. The molecule has 0 aliphatic heterocycles. The average Bonchev–Trinajstić information content (AvgIpc) is 2.70. The lowest BCUT2D eigenvalue weighted by Gasteiger charge is -2.10. The van der Waals surface area contributed by atoms with Gasteiger partial charge in [-0.25, -0.2) is 4.98 Å². The van der Waals surface area contributed by atoms with E-state index in [9.17, 15) is 9.59 Å². The Morgan fingerprint density at radius 1 is 1.04 bits per heavy atom. The van der Waals surface area contributed by atoms with Gasteiger partial charge in [0.15, 0.2) is 0 Å². The number of benzene rings is 2. The maximum Gasteiger partial charge on any atom is 0.269 e. The van der Waals surface area contributed by atoms with Crippen molar-refractivity contribution in [3.63, 3.8) is 0 Å². The summed E-state index contributed by atoms with van der Waals surface area (Å²) in [6, 6.07) is 17.0. The number of hydrazine groups is 1. The number of nitrogens with zero attached hydrogens (tertiary/aromatic N) is 1. The van der Waals surface area contributed by atoms with Crippen LogP contribution in [0.15, 0.2) is 59.6 Å². The van der Waals surface area contributed by atoms with Crippen molar-refractivity contribution < 1.29 is 9.59 Å². The van der Waals surface area contributed by atoms with Crippen LogP contribution in [0, 0.1) is 6.92 Å². The van der Waals surface area contributed by atoms with Crippen molar-refractivity contribution in [1.29, 1.82) is 0 Å². The Bertz CT molecular complexity index is 974. The quantitative estimate of drug-likeness (QED) is 0.524. The van der Waals surface area contributed by atoms with Gasteiger partial charge in [-0.1, -0.05) is 49.0 Å². The first kappa shape index (κ1) is 18.9. The number of carbonyl (C=O) groups excluding carboxylic acids is 2. The molecule has 0 unspecified atom stereocenters. The summed E-state index contributed by atoms with van der Waals surface area (Å²) in [6.07, 6.45) is 0.839. The standard InChI is InChI=1S/C21H21N3O2S/c1-3-15-12-17-10-9-14(2)11-18(17)22-21(15)27-13-19(25)23-24-20(26)16-7-5-4-6-8-16/h4-12H,3,13H2,1-2H3,(H,23,25)(H,24,26). The van der Waals surface area contributed by atoms with E-state index in [2.05, 4.69) is 36.0 Å². The van der Waals surface area contributed by atoms with Crippen molar-refractivity contribution in [3.8, 4) is 0 Å². The van der Waals surface area contributed by atoms with Gasteiger partial charge in [-0.15, -0.1) is 0 Å². The highest BCUT2D eigenvalue weighted by Gasteiger charge is 2.11. The molecule has 138 valence electrons. The molecule has 0 aliphatic carbocycles. The van der Waals surface area contributed by atoms with Gasteiger partial charge in [-0.3, -0.25) is 20.4 Å². The fraction of sp³-hybridized carbons (Fsp3) is 0.190. The molecule has 27 heavy (non-hydrogen) atoms. The summed E-state index contributed by atoms with van der Waals surface area (Å²) in [5.74, 6) is -0.452. The number of hydrogen-bond acceptors (Lipinski definition) is 4. The minimum absolute atomic E-state index is 0.173. The lowest BCUT2D eigenvalue weighted by atomic mass is 10.1. The van der Waals surface area contributed by atoms with E-state index < -0.39 is 0 Å². The molecule has 0 bridgehead atoms. The number of fused-ring (bicyclic) bond motifs is 1. The normalized spacial score (nSPS) is 10.6. The second-order valence-electron chi connectivity index (χ2n) is 6.16. The molecule has 0 spiro atoms. The fourth-order valence-electron chi connectivity index (χ4n) is 2.64. The first-order valence-corrected chi connectivity index (χ1v) is 9.72. The molecule has 2 aromatic carbocycles. The van der Waals surface area contributed by atoms with E-state index in [4.69, 9.17) is 4.98 Å². The molecule has 0 fully saturated rings. The van der Waals surface area contributed by atoms with Crippen molar-refractivity contribution in [2.24, 2.45) is 0 Å². The van der Waals surface area contributed by atoms with Gasteiger partial charge in [0.25, 0.3) is 5.91 Å². The lowest BCUT2D eigenvalue weighted by molar-refractivity contribution is -0.119. The number of carbonyl (C=O) groups is 2. The zero-order valence-electron chi connectivity index (χ0n) is 15.3. The number of hydrogen-bond donors (Lipinski definition) is 2. The third-order valence-corrected chi connectivity index (χ3v) is 5.12. The SMILES string of the molecule is CCc1cc2ccc(C)cc2nc1SCC(=O)NNC(=O)c1ccccc1. The Labute approximate surface area is 162 Å². The molecule has 6 heteroatoms. The number of pyridine rings is 1. The van der Waals surface area contributed by atoms with Crippen LogP contribution in [-0.4, -0.2) is 22.6 Å². The zero-order valence-corrected chi connectivity index (χ0v) is 16.1. The highest BCUT2D eigenvalue weighted by molar-refractivity contribution is 7.99. The number of aromatic nitrogens is 1. The van der Waals surface area contributed by atoms with Gasteiger partial charge in [0.1, 0.15) is 5.03 Å². The average molecular weight is 379 g/mol. The van der Waals surface area contributed by atoms with Gasteiger partial charge in [0, 0.05) is 10.9 Å². The Balaban J connectivity index is 1.62. The van der Waals surface area contributed by atoms with E-state index in [1.165, 1.54) is 11.8 Å². The highest BCUT2D eigenvalue weighted by Crippen LogP contribution is 2.26. The molecule has 3 aromatic rings. The van der Waals surface area contributed by atoms with Crippen molar-refractivity contribution in [2.45, 2.75) is 25.3 Å². The van der Waals surface area contributed by atoms with E-state index in [1.807, 2.05) is 19.1 Å². The Kier molecular flexibility index (Phi) is 6.08. The molecule has 5 nitrogen and oxygen atoms in total. The van der Waals surface area contributed by atoms with Crippen molar-refractivity contribution >= 4 is 34.5 Å². The third kappa shape index (κ3) is 4.86. The number of nitrogens with one attached hydrogen (secondary N) is 2. The van der Waals surface area contributed by atoms with Crippen LogP contribution in [0.5, 0.6) is 0 Å². The van der Waals surface area contributed by atoms with E-state index in [0.29, 0.717) is 5.56 Å². The van der Waals surface area contributed by atoms with Crippen LogP contribution in [0.25, 0.3) is 10.9 Å². The predicted octanol–water partition coefficient (Wildman–Crippen LogP) is 3.66. The summed E-state index contributed by atoms with van der Waals surface area (Å²) in [5, 5.41) is 1.95. The Morgan fingerprint density at radius 3 is 2.56 bits per heavy atom. The summed E-state index contributed by atoms with van der Waals surface area (Å²) in [7, 11) is 0. The molecule has 0 radical (unpaired) electrons. The van der Waals surface area contributed by atoms with E-state index in [1.54, 1.807) is 24.3 Å². The van der Waals surface area contributed by atoms with Crippen LogP contribution in [0.3, 0.4) is 0 Å². The predicted molar refractivity (Wildman–Crippen MR) is 109 cm³/mol. The van der Waals surface area contributed by atoms with E-state index in [0.717, 1.165) is 33.5 Å². The van der Waals surface area contributed by atoms with Crippen LogP contribution >= 0.6 is 11.8 Å². The van der Waals surface area contributed by atoms with E-state index >= 15 is 0 Å². The van der Waals surface area contributed by atoms with Gasteiger partial charge in [-0.2, -0.15) is 0 Å². The summed E-state index contributed by atoms with van der Waals surface area (Å²) in [6.45, 7) is 4.10. The molecule has 0 atom stereocenters. The Hall–Kier alpha value is -2.86. The molecule has 0 aliphatic rings. The third-order valence-electron chi connectivity index (χ3n) is 4.08. The molecule has 0 saturated carbocycles. The molecule has 0 saturated heterocycles. The summed E-state index contributed by atoms with van der Waals surface area (Å²) >= 11 is 1.37. The van der Waals surface area contributed by atoms with Gasteiger partial charge in [-0.05, 0) is 48.7 Å². The maximum atomic E-state index is 12.1. The topological polar surface area (TPSA) is 71.1 Å². The van der Waals surface area contributed by atoms with E-state index in [-0.39, 0.29) is 17.6 Å². The molecular weight excluding hydrogens is 358 g/mol. The molecule has 1 aromatic heterocycles. The summed E-state index contributed by atoms with van der Waals surface area (Å²) < 4.78 is 0. The monoisotopic (exact) mass is 379 g/mol. The largest absolute Gasteiger partial charge is 0.272 e. The number of amides is 2. The number of rotatable bonds is 5. The van der Waals surface area contributed by atoms with Crippen LogP contribution in [0.2, 0.25) is 0 Å². The van der Waals surface area contributed by atoms with Crippen molar-refractivity contribution in [1.82, 2.24) is 15.8 Å².